The largest absolute Gasteiger partial charge is 0.464 e. The lowest BCUT2D eigenvalue weighted by atomic mass is 10.0. The second-order valence-electron chi connectivity index (χ2n) is 7.60. The molecular weight excluding hydrogens is 386 g/mol. The molecule has 5 rings (SSSR count). The van der Waals surface area contributed by atoms with Gasteiger partial charge < -0.3 is 23.9 Å². The van der Waals surface area contributed by atoms with Gasteiger partial charge in [0.2, 0.25) is 6.79 Å². The third-order valence-corrected chi connectivity index (χ3v) is 5.52. The maximum Gasteiger partial charge on any atom is 0.311 e. The predicted molar refractivity (Wildman–Crippen MR) is 109 cm³/mol. The van der Waals surface area contributed by atoms with Crippen LogP contribution in [0.3, 0.4) is 0 Å². The molecule has 2 aliphatic rings. The Morgan fingerprint density at radius 3 is 2.77 bits per heavy atom. The number of amides is 1. The number of hydrogen-bond donors (Lipinski definition) is 1. The molecule has 0 radical (unpaired) electrons. The molecule has 0 bridgehead atoms. The van der Waals surface area contributed by atoms with E-state index in [-0.39, 0.29) is 13.2 Å². The number of anilines is 1. The first kappa shape index (κ1) is 18.5. The van der Waals surface area contributed by atoms with E-state index >= 15 is 0 Å². The van der Waals surface area contributed by atoms with Crippen LogP contribution in [0.15, 0.2) is 41.0 Å². The van der Waals surface area contributed by atoms with E-state index in [2.05, 4.69) is 17.4 Å². The highest BCUT2D eigenvalue weighted by Crippen LogP contribution is 2.34. The molecule has 154 valence electrons. The van der Waals surface area contributed by atoms with E-state index in [1.54, 1.807) is 31.4 Å². The Labute approximate surface area is 172 Å². The van der Waals surface area contributed by atoms with Gasteiger partial charge in [-0.15, -0.1) is 0 Å². The van der Waals surface area contributed by atoms with Crippen molar-refractivity contribution in [2.24, 2.45) is 0 Å². The summed E-state index contributed by atoms with van der Waals surface area (Å²) in [6.07, 6.45) is 3.98. The number of carbonyl (C=O) groups is 2. The van der Waals surface area contributed by atoms with E-state index in [0.29, 0.717) is 17.2 Å². The number of furan rings is 1. The number of rotatable bonds is 5. The van der Waals surface area contributed by atoms with Crippen molar-refractivity contribution in [2.45, 2.75) is 38.7 Å². The number of carbonyl (C=O) groups excluding carboxylic acids is 2. The molecule has 0 spiro atoms. The molecule has 1 amide bonds. The summed E-state index contributed by atoms with van der Waals surface area (Å²) in [7, 11) is 0. The van der Waals surface area contributed by atoms with Crippen molar-refractivity contribution >= 4 is 28.5 Å². The lowest BCUT2D eigenvalue weighted by molar-refractivity contribution is -0.152. The number of nitrogens with one attached hydrogen (secondary N) is 1. The van der Waals surface area contributed by atoms with Crippen molar-refractivity contribution in [1.82, 2.24) is 0 Å². The number of hydrogen-bond acceptors (Lipinski definition) is 6. The van der Waals surface area contributed by atoms with Gasteiger partial charge in [-0.1, -0.05) is 0 Å². The second-order valence-corrected chi connectivity index (χ2v) is 7.60. The molecule has 1 atom stereocenters. The van der Waals surface area contributed by atoms with Gasteiger partial charge in [0.1, 0.15) is 5.58 Å². The van der Waals surface area contributed by atoms with Gasteiger partial charge in [-0.25, -0.2) is 0 Å². The minimum Gasteiger partial charge on any atom is -0.464 e. The zero-order valence-electron chi connectivity index (χ0n) is 16.5. The topological polar surface area (TPSA) is 87.0 Å². The summed E-state index contributed by atoms with van der Waals surface area (Å²) in [5, 5.41) is 3.66. The fourth-order valence-electron chi connectivity index (χ4n) is 3.95. The second kappa shape index (κ2) is 7.40. The van der Waals surface area contributed by atoms with Crippen LogP contribution in [0.5, 0.6) is 11.5 Å². The molecule has 1 aliphatic heterocycles. The molecule has 30 heavy (non-hydrogen) atoms. The Morgan fingerprint density at radius 2 is 1.90 bits per heavy atom. The Hall–Kier alpha value is -3.48. The molecule has 7 heteroatoms. The molecule has 0 saturated heterocycles. The number of benzene rings is 2. The van der Waals surface area contributed by atoms with Crippen LogP contribution >= 0.6 is 0 Å². The van der Waals surface area contributed by atoms with Crippen molar-refractivity contribution in [3.63, 3.8) is 0 Å². The van der Waals surface area contributed by atoms with Crippen molar-refractivity contribution in [3.05, 3.63) is 53.3 Å². The summed E-state index contributed by atoms with van der Waals surface area (Å²) in [6, 6.07) is 9.27. The van der Waals surface area contributed by atoms with E-state index in [0.717, 1.165) is 35.8 Å². The quantitative estimate of drug-likeness (QED) is 0.648. The van der Waals surface area contributed by atoms with Crippen LogP contribution in [0.2, 0.25) is 0 Å². The summed E-state index contributed by atoms with van der Waals surface area (Å²) in [5.74, 6) is 0.296. The lowest BCUT2D eigenvalue weighted by Gasteiger charge is -2.13. The molecule has 2 heterocycles. The first-order valence-corrected chi connectivity index (χ1v) is 9.99. The molecule has 0 saturated carbocycles. The third-order valence-electron chi connectivity index (χ3n) is 5.52. The number of esters is 1. The Kier molecular flexibility index (Phi) is 4.58. The van der Waals surface area contributed by atoms with E-state index in [1.807, 2.05) is 0 Å². The van der Waals surface area contributed by atoms with Crippen LogP contribution < -0.4 is 14.8 Å². The van der Waals surface area contributed by atoms with Gasteiger partial charge in [0, 0.05) is 22.7 Å². The summed E-state index contributed by atoms with van der Waals surface area (Å²) >= 11 is 0. The minimum atomic E-state index is -0.940. The fourth-order valence-corrected chi connectivity index (χ4v) is 3.95. The van der Waals surface area contributed by atoms with Gasteiger partial charge in [0.15, 0.2) is 17.6 Å². The first-order valence-electron chi connectivity index (χ1n) is 9.99. The van der Waals surface area contributed by atoms with Crippen molar-refractivity contribution in [3.8, 4) is 11.5 Å². The lowest BCUT2D eigenvalue weighted by Crippen LogP contribution is -2.30. The maximum absolute atomic E-state index is 12.4. The van der Waals surface area contributed by atoms with Gasteiger partial charge in [0.25, 0.3) is 5.91 Å². The Morgan fingerprint density at radius 1 is 1.10 bits per heavy atom. The van der Waals surface area contributed by atoms with Gasteiger partial charge in [0.05, 0.1) is 12.7 Å². The third kappa shape index (κ3) is 3.47. The van der Waals surface area contributed by atoms with Gasteiger partial charge in [-0.3, -0.25) is 9.59 Å². The van der Waals surface area contributed by atoms with Crippen LogP contribution in [-0.4, -0.2) is 24.8 Å². The Balaban J connectivity index is 1.22. The maximum atomic E-state index is 12.4. The molecule has 1 aromatic heterocycles. The predicted octanol–water partition coefficient (Wildman–Crippen LogP) is 3.76. The summed E-state index contributed by atoms with van der Waals surface area (Å²) in [4.78, 5) is 24.8. The zero-order valence-corrected chi connectivity index (χ0v) is 16.5. The van der Waals surface area contributed by atoms with Crippen LogP contribution in [0.25, 0.3) is 11.0 Å². The van der Waals surface area contributed by atoms with Crippen LogP contribution in [0, 0.1) is 0 Å². The van der Waals surface area contributed by atoms with Crippen LogP contribution in [0.1, 0.15) is 30.0 Å². The first-order chi connectivity index (χ1) is 14.6. The minimum absolute atomic E-state index is 0.0490. The van der Waals surface area contributed by atoms with E-state index in [1.165, 1.54) is 11.1 Å². The number of fused-ring (bicyclic) bond motifs is 3. The molecule has 3 aromatic rings. The van der Waals surface area contributed by atoms with Gasteiger partial charge in [-0.2, -0.15) is 0 Å². The molecule has 7 nitrogen and oxygen atoms in total. The Bertz CT molecular complexity index is 1150. The van der Waals surface area contributed by atoms with E-state index < -0.39 is 18.0 Å². The molecular formula is C23H21NO6. The van der Waals surface area contributed by atoms with E-state index in [4.69, 9.17) is 18.6 Å². The van der Waals surface area contributed by atoms with Gasteiger partial charge >= 0.3 is 5.97 Å². The summed E-state index contributed by atoms with van der Waals surface area (Å²) in [6.45, 7) is 1.70. The summed E-state index contributed by atoms with van der Waals surface area (Å²) in [5.41, 5.74) is 4.73. The molecule has 0 unspecified atom stereocenters. The van der Waals surface area contributed by atoms with Crippen molar-refractivity contribution in [2.75, 3.05) is 12.1 Å². The fraction of sp³-hybridized carbons (Fsp3) is 0.304. The molecule has 1 N–H and O–H groups in total. The average Bonchev–Trinajstić information content (AvgIpc) is 3.45. The molecule has 2 aromatic carbocycles. The highest BCUT2D eigenvalue weighted by molar-refractivity contribution is 5.96. The van der Waals surface area contributed by atoms with Crippen molar-refractivity contribution < 1.29 is 28.2 Å². The SMILES string of the molecule is C[C@H](OC(=O)Cc1coc2cc3c(cc12)CCC3)C(=O)Nc1ccc2c(c1)OCO2. The highest BCUT2D eigenvalue weighted by Gasteiger charge is 2.22. The van der Waals surface area contributed by atoms with Crippen molar-refractivity contribution in [1.29, 1.82) is 0 Å². The van der Waals surface area contributed by atoms with Gasteiger partial charge in [-0.05, 0) is 61.6 Å². The average molecular weight is 407 g/mol. The monoisotopic (exact) mass is 407 g/mol. The molecule has 0 fully saturated rings. The number of aryl methyl sites for hydroxylation is 2. The standard InChI is InChI=1S/C23H21NO6/c1-13(23(26)24-17-5-6-19-21(10-17)29-12-28-19)30-22(25)9-16-11-27-20-8-15-4-2-3-14(15)7-18(16)20/h5-8,10-11,13H,2-4,9,12H2,1H3,(H,24,26)/t13-/m0/s1. The highest BCUT2D eigenvalue weighted by atomic mass is 16.7. The normalized spacial score (nSPS) is 15.1. The summed E-state index contributed by atoms with van der Waals surface area (Å²) < 4.78 is 21.5. The number of ether oxygens (including phenoxy) is 3. The van der Waals surface area contributed by atoms with Crippen LogP contribution in [0.4, 0.5) is 5.69 Å². The zero-order chi connectivity index (χ0) is 20.7. The van der Waals surface area contributed by atoms with Crippen LogP contribution in [-0.2, 0) is 33.6 Å². The van der Waals surface area contributed by atoms with E-state index in [9.17, 15) is 9.59 Å². The smallest absolute Gasteiger partial charge is 0.311 e. The molecule has 1 aliphatic carbocycles.